The lowest BCUT2D eigenvalue weighted by atomic mass is 10.2. The zero-order valence-corrected chi connectivity index (χ0v) is 10.2. The molecule has 3 nitrogen and oxygen atoms in total. The Hall–Kier alpha value is -1.76. The Balaban J connectivity index is 2.80. The lowest BCUT2D eigenvalue weighted by Gasteiger charge is -2.12. The maximum atomic E-state index is 12.5. The minimum absolute atomic E-state index is 0.112. The molecular formula is C11H9ClF4N2O. The van der Waals surface area contributed by atoms with E-state index in [0.717, 1.165) is 6.07 Å². The van der Waals surface area contributed by atoms with E-state index in [1.807, 2.05) is 0 Å². The van der Waals surface area contributed by atoms with Gasteiger partial charge in [0.1, 0.15) is 5.83 Å². The van der Waals surface area contributed by atoms with Crippen molar-refractivity contribution in [3.63, 3.8) is 0 Å². The molecule has 0 fully saturated rings. The van der Waals surface area contributed by atoms with Gasteiger partial charge in [0.2, 0.25) is 0 Å². The minimum Gasteiger partial charge on any atom is -0.331 e. The Labute approximate surface area is 111 Å². The number of anilines is 1. The summed E-state index contributed by atoms with van der Waals surface area (Å²) in [6.45, 7) is 2.49. The Kier molecular flexibility index (Phi) is 4.77. The number of carbonyl (C=O) groups excluding carboxylic acids is 1. The van der Waals surface area contributed by atoms with Gasteiger partial charge in [0.05, 0.1) is 17.1 Å². The van der Waals surface area contributed by atoms with E-state index < -0.39 is 35.2 Å². The fraction of sp³-hybridized carbons (Fsp3) is 0.182. The molecule has 0 unspecified atom stereocenters. The van der Waals surface area contributed by atoms with E-state index in [1.54, 1.807) is 0 Å². The number of urea groups is 1. The average Bonchev–Trinajstić information content (AvgIpc) is 2.27. The van der Waals surface area contributed by atoms with Crippen molar-refractivity contribution >= 4 is 23.3 Å². The SMILES string of the molecule is C=C(F)CNC(=O)Nc1ccc(Cl)c(C(F)(F)F)c1. The number of benzene rings is 1. The van der Waals surface area contributed by atoms with Crippen LogP contribution in [0.2, 0.25) is 5.02 Å². The van der Waals surface area contributed by atoms with E-state index in [1.165, 1.54) is 6.07 Å². The van der Waals surface area contributed by atoms with Gasteiger partial charge in [0.15, 0.2) is 0 Å². The van der Waals surface area contributed by atoms with Crippen LogP contribution in [-0.2, 0) is 6.18 Å². The number of halogens is 5. The third-order valence-electron chi connectivity index (χ3n) is 1.97. The van der Waals surface area contributed by atoms with E-state index in [4.69, 9.17) is 11.6 Å². The van der Waals surface area contributed by atoms with E-state index in [9.17, 15) is 22.4 Å². The zero-order chi connectivity index (χ0) is 14.6. The van der Waals surface area contributed by atoms with Crippen LogP contribution < -0.4 is 10.6 Å². The number of hydrogen-bond acceptors (Lipinski definition) is 1. The van der Waals surface area contributed by atoms with Crippen LogP contribution in [0, 0.1) is 0 Å². The predicted molar refractivity (Wildman–Crippen MR) is 63.7 cm³/mol. The standard InChI is InChI=1S/C11H9ClF4N2O/c1-6(13)5-17-10(19)18-7-2-3-9(12)8(4-7)11(14,15)16/h2-4H,1,5H2,(H2,17,18,19). The lowest BCUT2D eigenvalue weighted by Crippen LogP contribution is -2.29. The summed E-state index contributed by atoms with van der Waals surface area (Å²) in [6.07, 6.45) is -4.63. The van der Waals surface area contributed by atoms with Crippen molar-refractivity contribution in [2.24, 2.45) is 0 Å². The van der Waals surface area contributed by atoms with Gasteiger partial charge in [-0.1, -0.05) is 18.2 Å². The highest BCUT2D eigenvalue weighted by molar-refractivity contribution is 6.31. The minimum atomic E-state index is -4.63. The molecule has 0 atom stereocenters. The molecule has 0 heterocycles. The molecule has 0 aliphatic heterocycles. The second-order valence-corrected chi connectivity index (χ2v) is 3.92. The van der Waals surface area contributed by atoms with Crippen molar-refractivity contribution in [1.82, 2.24) is 5.32 Å². The molecule has 0 aliphatic carbocycles. The summed E-state index contributed by atoms with van der Waals surface area (Å²) in [4.78, 5) is 11.2. The molecule has 0 radical (unpaired) electrons. The summed E-state index contributed by atoms with van der Waals surface area (Å²) >= 11 is 5.41. The van der Waals surface area contributed by atoms with Gasteiger partial charge in [-0.3, -0.25) is 0 Å². The largest absolute Gasteiger partial charge is 0.417 e. The van der Waals surface area contributed by atoms with Crippen LogP contribution in [0.3, 0.4) is 0 Å². The number of amides is 2. The van der Waals surface area contributed by atoms with Crippen LogP contribution in [0.5, 0.6) is 0 Å². The number of rotatable bonds is 3. The highest BCUT2D eigenvalue weighted by Crippen LogP contribution is 2.36. The first-order chi connectivity index (χ1) is 8.70. The molecule has 2 amide bonds. The third-order valence-corrected chi connectivity index (χ3v) is 2.30. The fourth-order valence-electron chi connectivity index (χ4n) is 1.17. The molecule has 0 saturated carbocycles. The Bertz CT molecular complexity index is 502. The second-order valence-electron chi connectivity index (χ2n) is 3.52. The highest BCUT2D eigenvalue weighted by Gasteiger charge is 2.33. The van der Waals surface area contributed by atoms with E-state index >= 15 is 0 Å². The number of alkyl halides is 3. The smallest absolute Gasteiger partial charge is 0.331 e. The molecule has 0 bridgehead atoms. The molecule has 0 spiro atoms. The maximum Gasteiger partial charge on any atom is 0.417 e. The first kappa shape index (κ1) is 15.3. The van der Waals surface area contributed by atoms with Gasteiger partial charge in [-0.2, -0.15) is 13.2 Å². The first-order valence-electron chi connectivity index (χ1n) is 4.95. The van der Waals surface area contributed by atoms with Crippen molar-refractivity contribution in [3.8, 4) is 0 Å². The number of nitrogens with one attached hydrogen (secondary N) is 2. The van der Waals surface area contributed by atoms with Crippen molar-refractivity contribution in [3.05, 3.63) is 41.2 Å². The average molecular weight is 297 g/mol. The molecular weight excluding hydrogens is 288 g/mol. The monoisotopic (exact) mass is 296 g/mol. The molecule has 19 heavy (non-hydrogen) atoms. The summed E-state index contributed by atoms with van der Waals surface area (Å²) in [5, 5.41) is 3.71. The summed E-state index contributed by atoms with van der Waals surface area (Å²) in [5.41, 5.74) is -1.18. The summed E-state index contributed by atoms with van der Waals surface area (Å²) < 4.78 is 49.9. The van der Waals surface area contributed by atoms with E-state index in [0.29, 0.717) is 6.07 Å². The van der Waals surface area contributed by atoms with Crippen LogP contribution >= 0.6 is 11.6 Å². The predicted octanol–water partition coefficient (Wildman–Crippen LogP) is 3.96. The van der Waals surface area contributed by atoms with Gasteiger partial charge in [-0.05, 0) is 18.2 Å². The summed E-state index contributed by atoms with van der Waals surface area (Å²) in [5.74, 6) is -0.776. The molecule has 2 N–H and O–H groups in total. The van der Waals surface area contributed by atoms with Gasteiger partial charge in [0, 0.05) is 5.69 Å². The molecule has 0 aromatic heterocycles. The fourth-order valence-corrected chi connectivity index (χ4v) is 1.40. The lowest BCUT2D eigenvalue weighted by molar-refractivity contribution is -0.137. The second kappa shape index (κ2) is 5.92. The van der Waals surface area contributed by atoms with E-state index in [-0.39, 0.29) is 5.69 Å². The van der Waals surface area contributed by atoms with Crippen molar-refractivity contribution in [2.75, 3.05) is 11.9 Å². The molecule has 0 aliphatic rings. The molecule has 8 heteroatoms. The molecule has 1 aromatic rings. The van der Waals surface area contributed by atoms with Crippen LogP contribution in [-0.4, -0.2) is 12.6 Å². The van der Waals surface area contributed by atoms with Crippen molar-refractivity contribution < 1.29 is 22.4 Å². The zero-order valence-electron chi connectivity index (χ0n) is 9.44. The first-order valence-corrected chi connectivity index (χ1v) is 5.33. The van der Waals surface area contributed by atoms with Crippen LogP contribution in [0.4, 0.5) is 28.0 Å². The Morgan fingerprint density at radius 2 is 2.00 bits per heavy atom. The van der Waals surface area contributed by atoms with Crippen LogP contribution in [0.1, 0.15) is 5.56 Å². The van der Waals surface area contributed by atoms with Gasteiger partial charge < -0.3 is 10.6 Å². The highest BCUT2D eigenvalue weighted by atomic mass is 35.5. The Morgan fingerprint density at radius 1 is 1.37 bits per heavy atom. The van der Waals surface area contributed by atoms with Gasteiger partial charge in [0.25, 0.3) is 0 Å². The normalized spacial score (nSPS) is 11.0. The van der Waals surface area contributed by atoms with Crippen LogP contribution in [0.25, 0.3) is 0 Å². The van der Waals surface area contributed by atoms with E-state index in [2.05, 4.69) is 17.2 Å². The topological polar surface area (TPSA) is 41.1 Å². The molecule has 104 valence electrons. The Morgan fingerprint density at radius 3 is 2.53 bits per heavy atom. The molecule has 1 rings (SSSR count). The van der Waals surface area contributed by atoms with Crippen LogP contribution in [0.15, 0.2) is 30.6 Å². The quantitative estimate of drug-likeness (QED) is 0.814. The molecule has 1 aromatic carbocycles. The maximum absolute atomic E-state index is 12.5. The number of hydrogen-bond donors (Lipinski definition) is 2. The van der Waals surface area contributed by atoms with Crippen molar-refractivity contribution in [2.45, 2.75) is 6.18 Å². The van der Waals surface area contributed by atoms with Gasteiger partial charge >= 0.3 is 12.2 Å². The molecule has 0 saturated heterocycles. The van der Waals surface area contributed by atoms with Gasteiger partial charge in [-0.15, -0.1) is 0 Å². The van der Waals surface area contributed by atoms with Gasteiger partial charge in [-0.25, -0.2) is 9.18 Å². The number of carbonyl (C=O) groups is 1. The summed E-state index contributed by atoms with van der Waals surface area (Å²) in [7, 11) is 0. The van der Waals surface area contributed by atoms with Crippen molar-refractivity contribution in [1.29, 1.82) is 0 Å². The third kappa shape index (κ3) is 4.78. The summed E-state index contributed by atoms with van der Waals surface area (Å²) in [6, 6.07) is 2.04.